The van der Waals surface area contributed by atoms with Crippen LogP contribution in [0, 0.1) is 0 Å². The molecule has 0 unspecified atom stereocenters. The topological polar surface area (TPSA) is 70.5 Å². The van der Waals surface area contributed by atoms with Gasteiger partial charge in [0.25, 0.3) is 0 Å². The molecule has 0 saturated heterocycles. The fraction of sp³-hybridized carbons (Fsp3) is 0.120. The maximum atomic E-state index is 12.3. The van der Waals surface area contributed by atoms with Gasteiger partial charge in [0, 0.05) is 37.2 Å². The van der Waals surface area contributed by atoms with Crippen LogP contribution in [0.4, 0.5) is 24.7 Å². The van der Waals surface area contributed by atoms with Crippen molar-refractivity contribution in [2.24, 2.45) is 0 Å². The molecule has 35 heavy (non-hydrogen) atoms. The molecule has 0 aliphatic rings. The van der Waals surface area contributed by atoms with Gasteiger partial charge in [-0.15, -0.1) is 13.2 Å². The summed E-state index contributed by atoms with van der Waals surface area (Å²) in [6.07, 6.45) is -1.51. The van der Waals surface area contributed by atoms with E-state index in [9.17, 15) is 18.3 Å². The van der Waals surface area contributed by atoms with E-state index in [1.165, 1.54) is 24.1 Å². The molecule has 0 aliphatic carbocycles. The Morgan fingerprint density at radius 1 is 0.943 bits per heavy atom. The number of hydrogen-bond donors (Lipinski definition) is 2. The number of benzene rings is 3. The molecule has 180 valence electrons. The minimum Gasteiger partial charge on any atom is -0.507 e. The quantitative estimate of drug-likeness (QED) is 0.269. The van der Waals surface area contributed by atoms with Crippen LogP contribution in [0.1, 0.15) is 5.56 Å². The molecule has 0 fully saturated rings. The molecule has 0 bridgehead atoms. The summed E-state index contributed by atoms with van der Waals surface area (Å²) in [7, 11) is 1.86. The first-order valence-corrected chi connectivity index (χ1v) is 11.3. The van der Waals surface area contributed by atoms with Gasteiger partial charge >= 0.3 is 6.36 Å². The zero-order valence-corrected chi connectivity index (χ0v) is 19.3. The van der Waals surface area contributed by atoms with E-state index in [4.69, 9.17) is 0 Å². The van der Waals surface area contributed by atoms with E-state index in [1.807, 2.05) is 42.3 Å². The van der Waals surface area contributed by atoms with Crippen LogP contribution in [0.2, 0.25) is 0 Å². The number of para-hydroxylation sites is 1. The monoisotopic (exact) mass is 498 g/mol. The Balaban J connectivity index is 1.42. The summed E-state index contributed by atoms with van der Waals surface area (Å²) in [5.41, 5.74) is 3.29. The summed E-state index contributed by atoms with van der Waals surface area (Å²) >= 11 is 1.24. The van der Waals surface area contributed by atoms with E-state index in [2.05, 4.69) is 19.4 Å². The van der Waals surface area contributed by atoms with Gasteiger partial charge in [-0.1, -0.05) is 36.4 Å². The van der Waals surface area contributed by atoms with E-state index in [0.717, 1.165) is 16.8 Å². The molecule has 10 heteroatoms. The van der Waals surface area contributed by atoms with Gasteiger partial charge in [0.2, 0.25) is 0 Å². The van der Waals surface area contributed by atoms with Gasteiger partial charge in [0.15, 0.2) is 5.82 Å². The third-order valence-electron chi connectivity index (χ3n) is 4.98. The number of hydrogen-bond acceptors (Lipinski definition) is 7. The van der Waals surface area contributed by atoms with Crippen molar-refractivity contribution in [2.45, 2.75) is 17.8 Å². The molecule has 2 N–H and O–H groups in total. The highest BCUT2D eigenvalue weighted by atomic mass is 32.2. The summed E-state index contributed by atoms with van der Waals surface area (Å²) in [6, 6.07) is 20.5. The third kappa shape index (κ3) is 6.57. The molecule has 0 amide bonds. The smallest absolute Gasteiger partial charge is 0.507 e. The summed E-state index contributed by atoms with van der Waals surface area (Å²) in [5.74, 6) is 0.478. The molecule has 0 spiro atoms. The number of alkyl halides is 3. The van der Waals surface area contributed by atoms with E-state index in [-0.39, 0.29) is 11.5 Å². The fourth-order valence-corrected chi connectivity index (χ4v) is 3.98. The van der Waals surface area contributed by atoms with Gasteiger partial charge in [-0.05, 0) is 53.9 Å². The van der Waals surface area contributed by atoms with E-state index >= 15 is 0 Å². The Morgan fingerprint density at radius 2 is 1.63 bits per heavy atom. The average Bonchev–Trinajstić information content (AvgIpc) is 2.84. The highest BCUT2D eigenvalue weighted by Gasteiger charge is 2.31. The Bertz CT molecular complexity index is 1270. The van der Waals surface area contributed by atoms with Crippen molar-refractivity contribution < 1.29 is 23.0 Å². The minimum atomic E-state index is -4.71. The second-order valence-corrected chi connectivity index (χ2v) is 8.37. The standard InChI is InChI=1S/C25H21F3N4O2S/c1-32(19-10-12-20(13-11-19)34-25(26,27)28)16-17-6-8-18(9-7-17)23-24(30-15-14-29-23)31-35-22-5-3-2-4-21(22)33/h2-15,33H,16H2,1H3,(H,30,31). The minimum absolute atomic E-state index is 0.173. The molecular formula is C25H21F3N4O2S. The van der Waals surface area contributed by atoms with Crippen LogP contribution in [0.3, 0.4) is 0 Å². The lowest BCUT2D eigenvalue weighted by atomic mass is 10.1. The molecular weight excluding hydrogens is 477 g/mol. The first kappa shape index (κ1) is 24.2. The Labute approximate surface area is 204 Å². The first-order valence-electron chi connectivity index (χ1n) is 10.5. The lowest BCUT2D eigenvalue weighted by Crippen LogP contribution is -2.18. The molecule has 0 atom stereocenters. The fourth-order valence-electron chi connectivity index (χ4n) is 3.31. The lowest BCUT2D eigenvalue weighted by molar-refractivity contribution is -0.274. The summed E-state index contributed by atoms with van der Waals surface area (Å²) in [4.78, 5) is 11.4. The van der Waals surface area contributed by atoms with Crippen molar-refractivity contribution in [1.29, 1.82) is 0 Å². The third-order valence-corrected chi connectivity index (χ3v) is 5.84. The number of aromatic nitrogens is 2. The van der Waals surface area contributed by atoms with E-state index in [1.54, 1.807) is 42.7 Å². The van der Waals surface area contributed by atoms with Crippen molar-refractivity contribution >= 4 is 23.5 Å². The van der Waals surface area contributed by atoms with Crippen LogP contribution in [-0.2, 0) is 6.54 Å². The predicted octanol–water partition coefficient (Wildman–Crippen LogP) is 6.50. The van der Waals surface area contributed by atoms with Gasteiger partial charge in [0.1, 0.15) is 17.2 Å². The highest BCUT2D eigenvalue weighted by molar-refractivity contribution is 8.00. The average molecular weight is 499 g/mol. The summed E-state index contributed by atoms with van der Waals surface area (Å²) in [6.45, 7) is 0.550. The molecule has 0 aliphatic heterocycles. The molecule has 0 radical (unpaired) electrons. The predicted molar refractivity (Wildman–Crippen MR) is 130 cm³/mol. The van der Waals surface area contributed by atoms with Crippen LogP contribution in [0.15, 0.2) is 90.1 Å². The molecule has 0 saturated carbocycles. The van der Waals surface area contributed by atoms with Crippen LogP contribution in [0.5, 0.6) is 11.5 Å². The Kier molecular flexibility index (Phi) is 7.31. The zero-order valence-electron chi connectivity index (χ0n) is 18.5. The van der Waals surface area contributed by atoms with Gasteiger partial charge < -0.3 is 19.5 Å². The maximum absolute atomic E-state index is 12.3. The van der Waals surface area contributed by atoms with Gasteiger partial charge in [-0.2, -0.15) is 0 Å². The van der Waals surface area contributed by atoms with Crippen LogP contribution >= 0.6 is 11.9 Å². The number of halogens is 3. The number of nitrogens with one attached hydrogen (secondary N) is 1. The number of ether oxygens (including phenoxy) is 1. The maximum Gasteiger partial charge on any atom is 0.573 e. The van der Waals surface area contributed by atoms with Gasteiger partial charge in [-0.3, -0.25) is 4.98 Å². The largest absolute Gasteiger partial charge is 0.573 e. The number of rotatable bonds is 8. The Morgan fingerprint density at radius 3 is 2.31 bits per heavy atom. The van der Waals surface area contributed by atoms with Crippen molar-refractivity contribution in [3.63, 3.8) is 0 Å². The van der Waals surface area contributed by atoms with Gasteiger partial charge in [0.05, 0.1) is 4.90 Å². The van der Waals surface area contributed by atoms with Crippen LogP contribution in [0.25, 0.3) is 11.3 Å². The number of aromatic hydroxyl groups is 1. The van der Waals surface area contributed by atoms with Crippen molar-refractivity contribution in [3.8, 4) is 22.8 Å². The number of anilines is 2. The van der Waals surface area contributed by atoms with Crippen molar-refractivity contribution in [1.82, 2.24) is 9.97 Å². The van der Waals surface area contributed by atoms with Gasteiger partial charge in [-0.25, -0.2) is 4.98 Å². The summed E-state index contributed by atoms with van der Waals surface area (Å²) < 4.78 is 44.1. The normalized spacial score (nSPS) is 11.2. The number of phenols is 1. The SMILES string of the molecule is CN(Cc1ccc(-c2nccnc2NSc2ccccc2O)cc1)c1ccc(OC(F)(F)F)cc1. The molecule has 1 heterocycles. The molecule has 4 aromatic rings. The number of phenolic OH excluding ortho intramolecular Hbond substituents is 1. The van der Waals surface area contributed by atoms with E-state index in [0.29, 0.717) is 23.0 Å². The summed E-state index contributed by atoms with van der Waals surface area (Å²) in [5, 5.41) is 9.97. The highest BCUT2D eigenvalue weighted by Crippen LogP contribution is 2.32. The lowest BCUT2D eigenvalue weighted by Gasteiger charge is -2.20. The molecule has 1 aromatic heterocycles. The molecule has 3 aromatic carbocycles. The van der Waals surface area contributed by atoms with Crippen molar-refractivity contribution in [2.75, 3.05) is 16.7 Å². The zero-order chi connectivity index (χ0) is 24.8. The van der Waals surface area contributed by atoms with Crippen LogP contribution < -0.4 is 14.4 Å². The van der Waals surface area contributed by atoms with Crippen molar-refractivity contribution in [3.05, 3.63) is 90.8 Å². The molecule has 6 nitrogen and oxygen atoms in total. The van der Waals surface area contributed by atoms with E-state index < -0.39 is 6.36 Å². The number of nitrogens with zero attached hydrogens (tertiary/aromatic N) is 3. The van der Waals surface area contributed by atoms with Crippen LogP contribution in [-0.4, -0.2) is 28.5 Å². The molecule has 4 rings (SSSR count). The Hall–Kier alpha value is -3.92. The second kappa shape index (κ2) is 10.6. The second-order valence-electron chi connectivity index (χ2n) is 7.52. The first-order chi connectivity index (χ1) is 16.8.